The molecule has 1 saturated carbocycles. The molecule has 1 aliphatic carbocycles. The van der Waals surface area contributed by atoms with Gasteiger partial charge in [0.25, 0.3) is 0 Å². The molecule has 1 heterocycles. The number of likely N-dealkylation sites (N-methyl/N-ethyl adjacent to an activating group) is 1. The number of hydrogen-bond acceptors (Lipinski definition) is 5. The Kier molecular flexibility index (Phi) is 4.87. The Labute approximate surface area is 126 Å². The number of nitrogens with zero attached hydrogens (tertiary/aromatic N) is 3. The SMILES string of the molecule is CN(C)CC1CC(O)CN1CC(=O)NC(C)(C#N)C1CC1. The number of β-amino-alcohol motifs (C(OH)–C–C–N with tert-alkyl or cyclic N) is 1. The molecular weight excluding hydrogens is 268 g/mol. The quantitative estimate of drug-likeness (QED) is 0.709. The molecule has 0 radical (unpaired) electrons. The van der Waals surface area contributed by atoms with Crippen LogP contribution in [0.15, 0.2) is 0 Å². The van der Waals surface area contributed by atoms with Gasteiger partial charge in [-0.3, -0.25) is 9.69 Å². The number of likely N-dealkylation sites (tertiary alicyclic amines) is 1. The van der Waals surface area contributed by atoms with Crippen molar-refractivity contribution >= 4 is 5.91 Å². The van der Waals surface area contributed by atoms with Gasteiger partial charge in [-0.15, -0.1) is 0 Å². The third kappa shape index (κ3) is 4.16. The maximum absolute atomic E-state index is 12.2. The molecule has 1 aliphatic heterocycles. The molecule has 0 spiro atoms. The summed E-state index contributed by atoms with van der Waals surface area (Å²) in [4.78, 5) is 16.3. The van der Waals surface area contributed by atoms with Crippen molar-refractivity contribution in [2.75, 3.05) is 33.7 Å². The highest BCUT2D eigenvalue weighted by atomic mass is 16.3. The number of carbonyl (C=O) groups is 1. The van der Waals surface area contributed by atoms with E-state index in [9.17, 15) is 15.2 Å². The lowest BCUT2D eigenvalue weighted by Crippen LogP contribution is -2.51. The zero-order chi connectivity index (χ0) is 15.6. The van der Waals surface area contributed by atoms with Crippen LogP contribution in [0.2, 0.25) is 0 Å². The minimum Gasteiger partial charge on any atom is -0.392 e. The number of aliphatic hydroxyl groups is 1. The Balaban J connectivity index is 1.90. The van der Waals surface area contributed by atoms with Crippen LogP contribution in [0.1, 0.15) is 26.2 Å². The summed E-state index contributed by atoms with van der Waals surface area (Å²) in [5.74, 6) is 0.164. The second-order valence-corrected chi connectivity index (χ2v) is 6.87. The third-order valence-corrected chi connectivity index (χ3v) is 4.45. The van der Waals surface area contributed by atoms with Gasteiger partial charge in [-0.05, 0) is 46.2 Å². The lowest BCUT2D eigenvalue weighted by molar-refractivity contribution is -0.124. The van der Waals surface area contributed by atoms with Gasteiger partial charge in [0.2, 0.25) is 5.91 Å². The summed E-state index contributed by atoms with van der Waals surface area (Å²) in [5.41, 5.74) is -0.744. The third-order valence-electron chi connectivity index (χ3n) is 4.45. The topological polar surface area (TPSA) is 79.6 Å². The summed E-state index contributed by atoms with van der Waals surface area (Å²) >= 11 is 0. The van der Waals surface area contributed by atoms with Gasteiger partial charge >= 0.3 is 0 Å². The number of nitrogens with one attached hydrogen (secondary N) is 1. The monoisotopic (exact) mass is 294 g/mol. The predicted octanol–water partition coefficient (Wildman–Crippen LogP) is -0.208. The molecule has 6 heteroatoms. The van der Waals surface area contributed by atoms with Crippen molar-refractivity contribution in [1.29, 1.82) is 5.26 Å². The first-order chi connectivity index (χ1) is 9.84. The van der Waals surface area contributed by atoms with Gasteiger partial charge in [0, 0.05) is 19.1 Å². The van der Waals surface area contributed by atoms with Crippen LogP contribution in [0.3, 0.4) is 0 Å². The lowest BCUT2D eigenvalue weighted by Gasteiger charge is -2.28. The summed E-state index contributed by atoms with van der Waals surface area (Å²) in [7, 11) is 3.98. The average molecular weight is 294 g/mol. The van der Waals surface area contributed by atoms with Crippen molar-refractivity contribution in [2.45, 2.75) is 43.9 Å². The van der Waals surface area contributed by atoms with Crippen molar-refractivity contribution in [3.63, 3.8) is 0 Å². The summed E-state index contributed by atoms with van der Waals surface area (Å²) in [5, 5.41) is 22.0. The molecule has 3 atom stereocenters. The fourth-order valence-corrected chi connectivity index (χ4v) is 3.16. The van der Waals surface area contributed by atoms with Crippen LogP contribution in [0.5, 0.6) is 0 Å². The van der Waals surface area contributed by atoms with Crippen LogP contribution in [0.25, 0.3) is 0 Å². The van der Waals surface area contributed by atoms with Crippen LogP contribution < -0.4 is 5.32 Å². The van der Waals surface area contributed by atoms with Gasteiger partial charge in [0.15, 0.2) is 0 Å². The van der Waals surface area contributed by atoms with Gasteiger partial charge in [-0.25, -0.2) is 0 Å². The molecule has 0 aromatic heterocycles. The van der Waals surface area contributed by atoms with E-state index in [1.165, 1.54) is 0 Å². The molecule has 6 nitrogen and oxygen atoms in total. The van der Waals surface area contributed by atoms with Crippen molar-refractivity contribution in [1.82, 2.24) is 15.1 Å². The highest BCUT2D eigenvalue weighted by Crippen LogP contribution is 2.39. The molecule has 0 aromatic rings. The second-order valence-electron chi connectivity index (χ2n) is 6.87. The lowest BCUT2D eigenvalue weighted by atomic mass is 9.98. The first-order valence-electron chi connectivity index (χ1n) is 7.63. The minimum absolute atomic E-state index is 0.121. The van der Waals surface area contributed by atoms with Gasteiger partial charge in [0.1, 0.15) is 5.54 Å². The van der Waals surface area contributed by atoms with Crippen molar-refractivity contribution in [3.05, 3.63) is 0 Å². The fourth-order valence-electron chi connectivity index (χ4n) is 3.16. The Bertz CT molecular complexity index is 430. The zero-order valence-corrected chi connectivity index (χ0v) is 13.2. The normalized spacial score (nSPS) is 29.1. The number of hydrogen-bond donors (Lipinski definition) is 2. The van der Waals surface area contributed by atoms with Gasteiger partial charge in [0.05, 0.1) is 18.7 Å². The van der Waals surface area contributed by atoms with Gasteiger partial charge in [-0.1, -0.05) is 0 Å². The zero-order valence-electron chi connectivity index (χ0n) is 13.2. The molecule has 0 aromatic carbocycles. The maximum atomic E-state index is 12.2. The van der Waals surface area contributed by atoms with Crippen molar-refractivity contribution in [2.24, 2.45) is 5.92 Å². The molecule has 1 saturated heterocycles. The van der Waals surface area contributed by atoms with Gasteiger partial charge in [-0.2, -0.15) is 5.26 Å². The number of rotatable bonds is 6. The largest absolute Gasteiger partial charge is 0.392 e. The molecule has 2 aliphatic rings. The van der Waals surface area contributed by atoms with Crippen molar-refractivity contribution in [3.8, 4) is 6.07 Å². The highest BCUT2D eigenvalue weighted by Gasteiger charge is 2.43. The molecule has 0 bridgehead atoms. The molecule has 2 fully saturated rings. The minimum atomic E-state index is -0.744. The number of carbonyl (C=O) groups excluding carboxylic acids is 1. The van der Waals surface area contributed by atoms with Crippen LogP contribution >= 0.6 is 0 Å². The fraction of sp³-hybridized carbons (Fsp3) is 0.867. The summed E-state index contributed by atoms with van der Waals surface area (Å²) in [6.07, 6.45) is 2.35. The van der Waals surface area contributed by atoms with E-state index in [2.05, 4.69) is 16.3 Å². The second kappa shape index (κ2) is 6.30. The van der Waals surface area contributed by atoms with E-state index in [-0.39, 0.29) is 30.5 Å². The molecular formula is C15H26N4O2. The van der Waals surface area contributed by atoms with Crippen LogP contribution in [-0.2, 0) is 4.79 Å². The average Bonchev–Trinajstić information content (AvgIpc) is 3.16. The van der Waals surface area contributed by atoms with E-state index in [0.717, 1.165) is 19.4 Å². The Morgan fingerprint density at radius 3 is 2.71 bits per heavy atom. The molecule has 118 valence electrons. The standard InChI is InChI=1S/C15H26N4O2/c1-15(10-16,11-4-5-11)17-14(21)9-19-8-13(20)6-12(19)7-18(2)3/h11-13,20H,4-9H2,1-3H3,(H,17,21). The smallest absolute Gasteiger partial charge is 0.235 e. The van der Waals surface area contributed by atoms with Crippen LogP contribution in [0, 0.1) is 17.2 Å². The molecule has 1 amide bonds. The number of nitriles is 1. The molecule has 2 N–H and O–H groups in total. The molecule has 3 unspecified atom stereocenters. The van der Waals surface area contributed by atoms with Crippen LogP contribution in [-0.4, -0.2) is 72.2 Å². The van der Waals surface area contributed by atoms with E-state index in [4.69, 9.17) is 0 Å². The predicted molar refractivity (Wildman–Crippen MR) is 79.4 cm³/mol. The van der Waals surface area contributed by atoms with E-state index in [1.54, 1.807) is 6.92 Å². The molecule has 21 heavy (non-hydrogen) atoms. The van der Waals surface area contributed by atoms with E-state index < -0.39 is 5.54 Å². The van der Waals surface area contributed by atoms with Crippen molar-refractivity contribution < 1.29 is 9.90 Å². The first-order valence-corrected chi connectivity index (χ1v) is 7.63. The Morgan fingerprint density at radius 1 is 1.52 bits per heavy atom. The Morgan fingerprint density at radius 2 is 2.19 bits per heavy atom. The van der Waals surface area contributed by atoms with Crippen LogP contribution in [0.4, 0.5) is 0 Å². The summed E-state index contributed by atoms with van der Waals surface area (Å²) in [6.45, 7) is 3.40. The Hall–Kier alpha value is -1.16. The van der Waals surface area contributed by atoms with Gasteiger partial charge < -0.3 is 15.3 Å². The number of aliphatic hydroxyl groups excluding tert-OH is 1. The summed E-state index contributed by atoms with van der Waals surface area (Å²) < 4.78 is 0. The number of amides is 1. The van der Waals surface area contributed by atoms with E-state index in [0.29, 0.717) is 13.0 Å². The molecule has 2 rings (SSSR count). The first kappa shape index (κ1) is 16.2. The highest BCUT2D eigenvalue weighted by molar-refractivity contribution is 5.79. The maximum Gasteiger partial charge on any atom is 0.235 e. The summed E-state index contributed by atoms with van der Waals surface area (Å²) in [6, 6.07) is 2.43. The van der Waals surface area contributed by atoms with E-state index >= 15 is 0 Å². The van der Waals surface area contributed by atoms with E-state index in [1.807, 2.05) is 19.0 Å².